The maximum Gasteiger partial charge on any atom is 0.332 e. The number of carbonyl (C=O) groups is 3. The average Bonchev–Trinajstić information content (AvgIpc) is 2.77. The van der Waals surface area contributed by atoms with Crippen LogP contribution in [0.5, 0.6) is 0 Å². The van der Waals surface area contributed by atoms with Gasteiger partial charge in [-0.3, -0.25) is 9.59 Å². The van der Waals surface area contributed by atoms with E-state index in [1.165, 1.54) is 0 Å². The van der Waals surface area contributed by atoms with Crippen LogP contribution in [0, 0.1) is 0 Å². The van der Waals surface area contributed by atoms with Gasteiger partial charge in [-0.1, -0.05) is 0 Å². The number of fused-ring (bicyclic) bond motifs is 1. The lowest BCUT2D eigenvalue weighted by Crippen LogP contribution is -2.30. The van der Waals surface area contributed by atoms with Crippen molar-refractivity contribution in [2.75, 3.05) is 11.9 Å². The molecule has 0 bridgehead atoms. The molecule has 0 spiro atoms. The van der Waals surface area contributed by atoms with E-state index >= 15 is 0 Å². The third kappa shape index (κ3) is 3.12. The van der Waals surface area contributed by atoms with Gasteiger partial charge in [0.15, 0.2) is 6.10 Å². The van der Waals surface area contributed by atoms with Crippen LogP contribution >= 0.6 is 0 Å². The molecule has 0 saturated carbocycles. The van der Waals surface area contributed by atoms with Gasteiger partial charge < -0.3 is 20.8 Å². The van der Waals surface area contributed by atoms with E-state index in [1.54, 1.807) is 18.2 Å². The minimum absolute atomic E-state index is 0.0561. The number of aliphatic hydroxyl groups is 1. The molecule has 1 aromatic carbocycles. The van der Waals surface area contributed by atoms with Gasteiger partial charge in [0.05, 0.1) is 6.42 Å². The number of carbonyl (C=O) groups excluding carboxylic acids is 2. The molecule has 7 nitrogen and oxygen atoms in total. The molecule has 1 aliphatic rings. The SMILES string of the molecule is O=C1Cc2cc(C(=O)NCC[C@H](O)C(=O)O)ccc2N1. The molecule has 2 amide bonds. The number of hydrogen-bond donors (Lipinski definition) is 4. The minimum Gasteiger partial charge on any atom is -0.479 e. The molecular weight excluding hydrogens is 264 g/mol. The molecule has 0 unspecified atom stereocenters. The zero-order chi connectivity index (χ0) is 14.7. The van der Waals surface area contributed by atoms with Crippen LogP contribution in [-0.2, 0) is 16.0 Å². The van der Waals surface area contributed by atoms with Crippen LogP contribution in [0.2, 0.25) is 0 Å². The Morgan fingerprint density at radius 2 is 2.15 bits per heavy atom. The number of carboxylic acids is 1. The summed E-state index contributed by atoms with van der Waals surface area (Å²) < 4.78 is 0. The van der Waals surface area contributed by atoms with E-state index < -0.39 is 12.1 Å². The van der Waals surface area contributed by atoms with E-state index in [1.807, 2.05) is 0 Å². The van der Waals surface area contributed by atoms with Gasteiger partial charge in [0.2, 0.25) is 5.91 Å². The summed E-state index contributed by atoms with van der Waals surface area (Å²) >= 11 is 0. The van der Waals surface area contributed by atoms with Crippen molar-refractivity contribution in [2.45, 2.75) is 18.9 Å². The number of aliphatic hydroxyl groups excluding tert-OH is 1. The van der Waals surface area contributed by atoms with Crippen LogP contribution < -0.4 is 10.6 Å². The summed E-state index contributed by atoms with van der Waals surface area (Å²) in [4.78, 5) is 33.4. The van der Waals surface area contributed by atoms with Gasteiger partial charge in [-0.2, -0.15) is 0 Å². The van der Waals surface area contributed by atoms with Crippen molar-refractivity contribution in [2.24, 2.45) is 0 Å². The van der Waals surface area contributed by atoms with Crippen LogP contribution in [0.4, 0.5) is 5.69 Å². The predicted octanol–water partition coefficient (Wildman–Crippen LogP) is -0.253. The van der Waals surface area contributed by atoms with E-state index in [2.05, 4.69) is 10.6 Å². The summed E-state index contributed by atoms with van der Waals surface area (Å²) in [5.41, 5.74) is 1.85. The van der Waals surface area contributed by atoms with Crippen molar-refractivity contribution in [3.05, 3.63) is 29.3 Å². The molecule has 0 saturated heterocycles. The minimum atomic E-state index is -1.49. The summed E-state index contributed by atoms with van der Waals surface area (Å²) in [5, 5.41) is 22.7. The summed E-state index contributed by atoms with van der Waals surface area (Å²) in [6.07, 6.45) is -1.31. The topological polar surface area (TPSA) is 116 Å². The van der Waals surface area contributed by atoms with Crippen molar-refractivity contribution >= 4 is 23.5 Å². The summed E-state index contributed by atoms with van der Waals surface area (Å²) in [6, 6.07) is 4.85. The standard InChI is InChI=1S/C13H14N2O5/c16-10(13(19)20)3-4-14-12(18)7-1-2-9-8(5-7)6-11(17)15-9/h1-2,5,10,16H,3-4,6H2,(H,14,18)(H,15,17)(H,19,20)/t10-/m0/s1. The molecule has 0 radical (unpaired) electrons. The second-order valence-electron chi connectivity index (χ2n) is 4.50. The van der Waals surface area contributed by atoms with E-state index in [0.29, 0.717) is 11.3 Å². The molecule has 20 heavy (non-hydrogen) atoms. The number of rotatable bonds is 5. The first-order valence-electron chi connectivity index (χ1n) is 6.09. The first kappa shape index (κ1) is 14.0. The average molecular weight is 278 g/mol. The predicted molar refractivity (Wildman–Crippen MR) is 69.4 cm³/mol. The first-order chi connectivity index (χ1) is 9.47. The van der Waals surface area contributed by atoms with Crippen LogP contribution in [0.15, 0.2) is 18.2 Å². The third-order valence-electron chi connectivity index (χ3n) is 2.98. The van der Waals surface area contributed by atoms with Crippen molar-refractivity contribution in [1.29, 1.82) is 0 Å². The molecule has 0 fully saturated rings. The molecular formula is C13H14N2O5. The fraction of sp³-hybridized carbons (Fsp3) is 0.308. The number of amides is 2. The molecule has 0 aliphatic carbocycles. The van der Waals surface area contributed by atoms with Crippen molar-refractivity contribution in [3.63, 3.8) is 0 Å². The molecule has 0 aromatic heterocycles. The Morgan fingerprint density at radius 1 is 1.40 bits per heavy atom. The van der Waals surface area contributed by atoms with Crippen molar-refractivity contribution in [1.82, 2.24) is 5.32 Å². The normalized spacial score (nSPS) is 14.3. The fourth-order valence-electron chi connectivity index (χ4n) is 1.92. The van der Waals surface area contributed by atoms with Gasteiger partial charge in [0, 0.05) is 24.2 Å². The van der Waals surface area contributed by atoms with Crippen molar-refractivity contribution < 1.29 is 24.6 Å². The van der Waals surface area contributed by atoms with E-state index in [0.717, 1.165) is 5.56 Å². The first-order valence-corrected chi connectivity index (χ1v) is 6.09. The van der Waals surface area contributed by atoms with Crippen LogP contribution in [-0.4, -0.2) is 40.6 Å². The van der Waals surface area contributed by atoms with Gasteiger partial charge in [-0.15, -0.1) is 0 Å². The van der Waals surface area contributed by atoms with Gasteiger partial charge >= 0.3 is 5.97 Å². The summed E-state index contributed by atoms with van der Waals surface area (Å²) in [7, 11) is 0. The second-order valence-corrected chi connectivity index (χ2v) is 4.50. The number of carboxylic acid groups (broad SMARTS) is 1. The third-order valence-corrected chi connectivity index (χ3v) is 2.98. The van der Waals surface area contributed by atoms with Gasteiger partial charge in [0.1, 0.15) is 0 Å². The lowest BCUT2D eigenvalue weighted by Gasteiger charge is -2.08. The van der Waals surface area contributed by atoms with Gasteiger partial charge in [0.25, 0.3) is 5.91 Å². The van der Waals surface area contributed by atoms with Gasteiger partial charge in [-0.05, 0) is 23.8 Å². The molecule has 1 aromatic rings. The Bertz CT molecular complexity index is 570. The Kier molecular flexibility index (Phi) is 3.99. The number of hydrogen-bond acceptors (Lipinski definition) is 4. The van der Waals surface area contributed by atoms with Crippen LogP contribution in [0.25, 0.3) is 0 Å². The molecule has 1 heterocycles. The molecule has 106 valence electrons. The van der Waals surface area contributed by atoms with Crippen LogP contribution in [0.3, 0.4) is 0 Å². The van der Waals surface area contributed by atoms with E-state index in [9.17, 15) is 14.4 Å². The molecule has 1 aliphatic heterocycles. The summed E-state index contributed by atoms with van der Waals surface area (Å²) in [6.45, 7) is 0.0561. The summed E-state index contributed by atoms with van der Waals surface area (Å²) in [5.74, 6) is -1.80. The largest absolute Gasteiger partial charge is 0.479 e. The van der Waals surface area contributed by atoms with Crippen LogP contribution in [0.1, 0.15) is 22.3 Å². The Balaban J connectivity index is 1.92. The number of anilines is 1. The second kappa shape index (κ2) is 5.70. The Morgan fingerprint density at radius 3 is 2.85 bits per heavy atom. The number of nitrogens with one attached hydrogen (secondary N) is 2. The highest BCUT2D eigenvalue weighted by Gasteiger charge is 2.19. The molecule has 2 rings (SSSR count). The highest BCUT2D eigenvalue weighted by atomic mass is 16.4. The smallest absolute Gasteiger partial charge is 0.332 e. The van der Waals surface area contributed by atoms with E-state index in [4.69, 9.17) is 10.2 Å². The van der Waals surface area contributed by atoms with Crippen molar-refractivity contribution in [3.8, 4) is 0 Å². The monoisotopic (exact) mass is 278 g/mol. The molecule has 4 N–H and O–H groups in total. The Labute approximate surface area is 114 Å². The molecule has 1 atom stereocenters. The fourth-order valence-corrected chi connectivity index (χ4v) is 1.92. The lowest BCUT2D eigenvalue weighted by atomic mass is 10.1. The maximum absolute atomic E-state index is 11.8. The van der Waals surface area contributed by atoms with E-state index in [-0.39, 0.29) is 31.2 Å². The quantitative estimate of drug-likeness (QED) is 0.592. The zero-order valence-electron chi connectivity index (χ0n) is 10.5. The number of aliphatic carboxylic acids is 1. The van der Waals surface area contributed by atoms with Gasteiger partial charge in [-0.25, -0.2) is 4.79 Å². The highest BCUT2D eigenvalue weighted by Crippen LogP contribution is 2.23. The molecule has 7 heteroatoms. The maximum atomic E-state index is 11.8. The lowest BCUT2D eigenvalue weighted by molar-refractivity contribution is -0.146. The number of benzene rings is 1. The Hall–Kier alpha value is -2.41. The highest BCUT2D eigenvalue weighted by molar-refractivity contribution is 6.01. The zero-order valence-corrected chi connectivity index (χ0v) is 10.5.